The van der Waals surface area contributed by atoms with Gasteiger partial charge in [-0.25, -0.2) is 4.39 Å². The van der Waals surface area contributed by atoms with E-state index >= 15 is 0 Å². The van der Waals surface area contributed by atoms with Crippen molar-refractivity contribution in [1.29, 1.82) is 0 Å². The van der Waals surface area contributed by atoms with Gasteiger partial charge in [-0.2, -0.15) is 0 Å². The molecule has 1 N–H and O–H groups in total. The summed E-state index contributed by atoms with van der Waals surface area (Å²) < 4.78 is 13.0. The van der Waals surface area contributed by atoms with Gasteiger partial charge >= 0.3 is 0 Å². The number of rotatable bonds is 7. The Morgan fingerprint density at radius 2 is 1.76 bits per heavy atom. The molecule has 3 heteroatoms. The predicted octanol–water partition coefficient (Wildman–Crippen LogP) is 4.49. The fraction of sp³-hybridized carbons (Fsp3) is 0.333. The monoisotopic (exact) mass is 305 g/mol. The van der Waals surface area contributed by atoms with Gasteiger partial charge in [-0.1, -0.05) is 48.9 Å². The van der Waals surface area contributed by atoms with Crippen LogP contribution in [0.1, 0.15) is 18.1 Å². The van der Waals surface area contributed by atoms with Crippen molar-refractivity contribution in [2.45, 2.75) is 19.8 Å². The zero-order chi connectivity index (χ0) is 15.1. The number of halogens is 2. The number of nitrogens with one attached hydrogen (secondary N) is 1. The van der Waals surface area contributed by atoms with Crippen LogP contribution in [0.25, 0.3) is 0 Å². The molecule has 1 unspecified atom stereocenters. The highest BCUT2D eigenvalue weighted by Gasteiger charge is 2.12. The van der Waals surface area contributed by atoms with Crippen molar-refractivity contribution in [3.63, 3.8) is 0 Å². The van der Waals surface area contributed by atoms with Crippen LogP contribution in [0.5, 0.6) is 0 Å². The molecule has 21 heavy (non-hydrogen) atoms. The van der Waals surface area contributed by atoms with Crippen LogP contribution in [0.3, 0.4) is 0 Å². The second kappa shape index (κ2) is 8.16. The van der Waals surface area contributed by atoms with E-state index in [2.05, 4.69) is 18.3 Å². The second-order valence-corrected chi connectivity index (χ2v) is 5.71. The minimum Gasteiger partial charge on any atom is -0.317 e. The number of benzene rings is 2. The zero-order valence-corrected chi connectivity index (χ0v) is 13.0. The Hall–Kier alpha value is -1.38. The van der Waals surface area contributed by atoms with Gasteiger partial charge in [0.1, 0.15) is 5.82 Å². The molecule has 2 rings (SSSR count). The average Bonchev–Trinajstić information content (AvgIpc) is 2.49. The molecule has 1 atom stereocenters. The highest BCUT2D eigenvalue weighted by molar-refractivity contribution is 6.31. The Labute approximate surface area is 131 Å². The molecule has 0 saturated heterocycles. The summed E-state index contributed by atoms with van der Waals surface area (Å²) in [7, 11) is 0. The lowest BCUT2D eigenvalue weighted by atomic mass is 9.92. The molecule has 2 aromatic carbocycles. The molecule has 0 aromatic heterocycles. The van der Waals surface area contributed by atoms with Crippen LogP contribution in [-0.2, 0) is 12.8 Å². The van der Waals surface area contributed by atoms with Crippen LogP contribution in [0, 0.1) is 11.7 Å². The maximum absolute atomic E-state index is 13.0. The molecule has 0 bridgehead atoms. The van der Waals surface area contributed by atoms with Crippen LogP contribution < -0.4 is 5.32 Å². The van der Waals surface area contributed by atoms with E-state index in [-0.39, 0.29) is 5.82 Å². The SMILES string of the molecule is CCNCC(Cc1ccc(F)cc1)Cc1ccccc1Cl. The molecule has 0 heterocycles. The highest BCUT2D eigenvalue weighted by Crippen LogP contribution is 2.21. The van der Waals surface area contributed by atoms with Crippen molar-refractivity contribution >= 4 is 11.6 Å². The summed E-state index contributed by atoms with van der Waals surface area (Å²) >= 11 is 6.26. The van der Waals surface area contributed by atoms with Gasteiger partial charge in [0.25, 0.3) is 0 Å². The molecule has 0 aliphatic rings. The van der Waals surface area contributed by atoms with E-state index in [1.54, 1.807) is 0 Å². The summed E-state index contributed by atoms with van der Waals surface area (Å²) in [6.07, 6.45) is 1.84. The van der Waals surface area contributed by atoms with Gasteiger partial charge in [0, 0.05) is 5.02 Å². The molecule has 0 aliphatic carbocycles. The van der Waals surface area contributed by atoms with E-state index in [1.807, 2.05) is 30.3 Å². The Bertz CT molecular complexity index is 553. The molecule has 1 nitrogen and oxygen atoms in total. The maximum atomic E-state index is 13.0. The highest BCUT2D eigenvalue weighted by atomic mass is 35.5. The minimum atomic E-state index is -0.187. The Morgan fingerprint density at radius 3 is 2.43 bits per heavy atom. The normalized spacial score (nSPS) is 12.3. The summed E-state index contributed by atoms with van der Waals surface area (Å²) in [5.74, 6) is 0.253. The van der Waals surface area contributed by atoms with Gasteiger partial charge in [0.05, 0.1) is 0 Å². The van der Waals surface area contributed by atoms with Crippen LogP contribution >= 0.6 is 11.6 Å². The molecule has 0 amide bonds. The second-order valence-electron chi connectivity index (χ2n) is 5.30. The molecular formula is C18H21ClFN. The van der Waals surface area contributed by atoms with Gasteiger partial charge in [0.2, 0.25) is 0 Å². The molecular weight excluding hydrogens is 285 g/mol. The molecule has 0 spiro atoms. The third-order valence-corrected chi connectivity index (χ3v) is 3.96. The molecule has 0 radical (unpaired) electrons. The van der Waals surface area contributed by atoms with Crippen molar-refractivity contribution in [2.75, 3.05) is 13.1 Å². The van der Waals surface area contributed by atoms with Crippen molar-refractivity contribution in [1.82, 2.24) is 5.32 Å². The van der Waals surface area contributed by atoms with E-state index in [4.69, 9.17) is 11.6 Å². The van der Waals surface area contributed by atoms with E-state index < -0.39 is 0 Å². The van der Waals surface area contributed by atoms with Crippen molar-refractivity contribution in [2.24, 2.45) is 5.92 Å². The van der Waals surface area contributed by atoms with Gasteiger partial charge < -0.3 is 5.32 Å². The predicted molar refractivity (Wildman–Crippen MR) is 87.3 cm³/mol. The average molecular weight is 306 g/mol. The summed E-state index contributed by atoms with van der Waals surface area (Å²) in [6, 6.07) is 14.7. The number of hydrogen-bond donors (Lipinski definition) is 1. The lowest BCUT2D eigenvalue weighted by molar-refractivity contribution is 0.478. The van der Waals surface area contributed by atoms with E-state index in [0.29, 0.717) is 5.92 Å². The summed E-state index contributed by atoms with van der Waals surface area (Å²) in [5, 5.41) is 4.22. The fourth-order valence-corrected chi connectivity index (χ4v) is 2.71. The smallest absolute Gasteiger partial charge is 0.123 e. The Morgan fingerprint density at radius 1 is 1.05 bits per heavy atom. The molecule has 112 valence electrons. The zero-order valence-electron chi connectivity index (χ0n) is 12.3. The summed E-state index contributed by atoms with van der Waals surface area (Å²) in [6.45, 7) is 3.98. The van der Waals surface area contributed by atoms with E-state index in [1.165, 1.54) is 17.7 Å². The first-order valence-electron chi connectivity index (χ1n) is 7.37. The molecule has 0 aliphatic heterocycles. The fourth-order valence-electron chi connectivity index (χ4n) is 2.49. The summed E-state index contributed by atoms with van der Waals surface area (Å²) in [4.78, 5) is 0. The lowest BCUT2D eigenvalue weighted by Gasteiger charge is -2.18. The standard InChI is InChI=1S/C18H21ClFN/c1-2-21-13-15(11-14-7-9-17(20)10-8-14)12-16-5-3-4-6-18(16)19/h3-10,15,21H,2,11-13H2,1H3. The van der Waals surface area contributed by atoms with Crippen LogP contribution in [-0.4, -0.2) is 13.1 Å². The first-order chi connectivity index (χ1) is 10.2. The molecule has 0 fully saturated rings. The summed E-state index contributed by atoms with van der Waals surface area (Å²) in [5.41, 5.74) is 2.33. The van der Waals surface area contributed by atoms with E-state index in [0.717, 1.165) is 36.5 Å². The maximum Gasteiger partial charge on any atom is 0.123 e. The lowest BCUT2D eigenvalue weighted by Crippen LogP contribution is -2.25. The quantitative estimate of drug-likeness (QED) is 0.794. The van der Waals surface area contributed by atoms with Gasteiger partial charge in [-0.3, -0.25) is 0 Å². The third kappa shape index (κ3) is 5.14. The van der Waals surface area contributed by atoms with Gasteiger partial charge in [0.15, 0.2) is 0 Å². The van der Waals surface area contributed by atoms with Crippen LogP contribution in [0.2, 0.25) is 5.02 Å². The minimum absolute atomic E-state index is 0.187. The Balaban J connectivity index is 2.07. The third-order valence-electron chi connectivity index (χ3n) is 3.59. The topological polar surface area (TPSA) is 12.0 Å². The van der Waals surface area contributed by atoms with Crippen molar-refractivity contribution in [3.05, 3.63) is 70.5 Å². The van der Waals surface area contributed by atoms with E-state index in [9.17, 15) is 4.39 Å². The van der Waals surface area contributed by atoms with Crippen molar-refractivity contribution < 1.29 is 4.39 Å². The molecule has 2 aromatic rings. The van der Waals surface area contributed by atoms with Crippen molar-refractivity contribution in [3.8, 4) is 0 Å². The van der Waals surface area contributed by atoms with Crippen LogP contribution in [0.4, 0.5) is 4.39 Å². The van der Waals surface area contributed by atoms with Crippen LogP contribution in [0.15, 0.2) is 48.5 Å². The molecule has 0 saturated carbocycles. The Kier molecular flexibility index (Phi) is 6.21. The van der Waals surface area contributed by atoms with Gasteiger partial charge in [-0.05, 0) is 61.2 Å². The van der Waals surface area contributed by atoms with Gasteiger partial charge in [-0.15, -0.1) is 0 Å². The largest absolute Gasteiger partial charge is 0.317 e. The number of hydrogen-bond acceptors (Lipinski definition) is 1. The first kappa shape index (κ1) is 16.0. The first-order valence-corrected chi connectivity index (χ1v) is 7.75.